The van der Waals surface area contributed by atoms with Gasteiger partial charge in [-0.15, -0.1) is 0 Å². The SMILES string of the molecule is C=C/C=C(\C=C)P(=O)(OCC(C)(C)NC(=O)NC)c1ccccc1. The summed E-state index contributed by atoms with van der Waals surface area (Å²) in [5.74, 6) is 0. The van der Waals surface area contributed by atoms with Crippen LogP contribution in [0.3, 0.4) is 0 Å². The molecule has 1 unspecified atom stereocenters. The van der Waals surface area contributed by atoms with Gasteiger partial charge in [-0.3, -0.25) is 4.57 Å². The van der Waals surface area contributed by atoms with E-state index in [0.29, 0.717) is 10.6 Å². The summed E-state index contributed by atoms with van der Waals surface area (Å²) in [5.41, 5.74) is -0.703. The normalized spacial score (nSPS) is 14.4. The Balaban J connectivity index is 3.15. The molecule has 5 nitrogen and oxygen atoms in total. The third kappa shape index (κ3) is 5.22. The number of carbonyl (C=O) groups excluding carboxylic acids is 1. The van der Waals surface area contributed by atoms with Crippen LogP contribution in [0, 0.1) is 0 Å². The molecule has 1 atom stereocenters. The molecular weight excluding hydrogens is 323 g/mol. The van der Waals surface area contributed by atoms with Gasteiger partial charge in [0.05, 0.1) is 12.1 Å². The van der Waals surface area contributed by atoms with Gasteiger partial charge in [0.25, 0.3) is 7.37 Å². The molecule has 6 heteroatoms. The highest BCUT2D eigenvalue weighted by Crippen LogP contribution is 2.54. The lowest BCUT2D eigenvalue weighted by atomic mass is 10.1. The highest BCUT2D eigenvalue weighted by molar-refractivity contribution is 7.71. The number of rotatable bonds is 8. The first-order valence-electron chi connectivity index (χ1n) is 7.55. The molecule has 0 aliphatic carbocycles. The molecule has 0 heterocycles. The molecule has 1 rings (SSSR count). The van der Waals surface area contributed by atoms with Crippen LogP contribution in [0.2, 0.25) is 0 Å². The van der Waals surface area contributed by atoms with Gasteiger partial charge in [0.15, 0.2) is 0 Å². The van der Waals surface area contributed by atoms with Crippen LogP contribution in [0.1, 0.15) is 13.8 Å². The van der Waals surface area contributed by atoms with Crippen LogP contribution in [0.15, 0.2) is 67.0 Å². The van der Waals surface area contributed by atoms with Gasteiger partial charge in [-0.2, -0.15) is 0 Å². The van der Waals surface area contributed by atoms with Crippen LogP contribution in [0.5, 0.6) is 0 Å². The van der Waals surface area contributed by atoms with Crippen LogP contribution in [0.4, 0.5) is 4.79 Å². The fraction of sp³-hybridized carbons (Fsp3) is 0.278. The van der Waals surface area contributed by atoms with Crippen molar-refractivity contribution in [2.24, 2.45) is 0 Å². The molecule has 0 fully saturated rings. The van der Waals surface area contributed by atoms with Crippen molar-refractivity contribution in [3.05, 3.63) is 67.0 Å². The first-order chi connectivity index (χ1) is 11.3. The molecule has 2 amide bonds. The molecule has 2 N–H and O–H groups in total. The summed E-state index contributed by atoms with van der Waals surface area (Å²) in [7, 11) is -1.82. The second-order valence-corrected chi connectivity index (χ2v) is 8.17. The Labute approximate surface area is 143 Å². The minimum absolute atomic E-state index is 0.0644. The third-order valence-corrected chi connectivity index (χ3v) is 5.70. The summed E-state index contributed by atoms with van der Waals surface area (Å²) >= 11 is 0. The minimum Gasteiger partial charge on any atom is -0.341 e. The first-order valence-corrected chi connectivity index (χ1v) is 9.17. The van der Waals surface area contributed by atoms with Gasteiger partial charge < -0.3 is 15.2 Å². The Morgan fingerprint density at radius 1 is 1.29 bits per heavy atom. The van der Waals surface area contributed by atoms with Crippen molar-refractivity contribution in [1.29, 1.82) is 0 Å². The quantitative estimate of drug-likeness (QED) is 0.557. The maximum Gasteiger partial charge on any atom is 0.315 e. The second-order valence-electron chi connectivity index (χ2n) is 5.78. The predicted octanol–water partition coefficient (Wildman–Crippen LogP) is 3.57. The van der Waals surface area contributed by atoms with Crippen molar-refractivity contribution in [3.63, 3.8) is 0 Å². The highest BCUT2D eigenvalue weighted by Gasteiger charge is 2.32. The maximum atomic E-state index is 13.6. The fourth-order valence-corrected chi connectivity index (χ4v) is 4.20. The van der Waals surface area contributed by atoms with Crippen LogP contribution in [-0.2, 0) is 9.09 Å². The zero-order valence-corrected chi connectivity index (χ0v) is 15.3. The molecule has 1 aromatic rings. The number of allylic oxidation sites excluding steroid dienone is 4. The number of hydrogen-bond acceptors (Lipinski definition) is 3. The average Bonchev–Trinajstić information content (AvgIpc) is 2.58. The van der Waals surface area contributed by atoms with Crippen molar-refractivity contribution in [1.82, 2.24) is 10.6 Å². The Hall–Kier alpha value is -2.10. The van der Waals surface area contributed by atoms with Gasteiger partial charge in [-0.25, -0.2) is 4.79 Å². The molecule has 0 bridgehead atoms. The molecule has 0 saturated carbocycles. The summed E-state index contributed by atoms with van der Waals surface area (Å²) in [6, 6.07) is 8.61. The summed E-state index contributed by atoms with van der Waals surface area (Å²) in [6.45, 7) is 11.0. The second kappa shape index (κ2) is 8.67. The lowest BCUT2D eigenvalue weighted by Crippen LogP contribution is -2.50. The van der Waals surface area contributed by atoms with E-state index in [9.17, 15) is 9.36 Å². The maximum absolute atomic E-state index is 13.6. The number of hydrogen-bond donors (Lipinski definition) is 2. The standard InChI is InChI=1S/C18H25N2O3P/c1-6-11-15(7-2)24(22,16-12-9-8-10-13-16)23-14-18(3,4)20-17(21)19-5/h6-13H,1-2,14H2,3-5H3,(H2,19,20,21)/b15-11+. The molecule has 1 aromatic carbocycles. The number of urea groups is 1. The van der Waals surface area contributed by atoms with Crippen LogP contribution in [0.25, 0.3) is 0 Å². The molecular formula is C18H25N2O3P. The summed E-state index contributed by atoms with van der Waals surface area (Å²) in [4.78, 5) is 11.5. The molecule has 0 aliphatic heterocycles. The highest BCUT2D eigenvalue weighted by atomic mass is 31.2. The van der Waals surface area contributed by atoms with Gasteiger partial charge >= 0.3 is 6.03 Å². The van der Waals surface area contributed by atoms with E-state index in [0.717, 1.165) is 0 Å². The average molecular weight is 348 g/mol. The number of benzene rings is 1. The van der Waals surface area contributed by atoms with Crippen molar-refractivity contribution in [2.45, 2.75) is 19.4 Å². The zero-order chi connectivity index (χ0) is 18.2. The topological polar surface area (TPSA) is 67.4 Å². The van der Waals surface area contributed by atoms with Crippen molar-refractivity contribution >= 4 is 18.7 Å². The van der Waals surface area contributed by atoms with E-state index in [1.807, 2.05) is 6.07 Å². The monoisotopic (exact) mass is 348 g/mol. The minimum atomic E-state index is -3.35. The molecule has 130 valence electrons. The molecule has 0 spiro atoms. The van der Waals surface area contributed by atoms with Crippen molar-refractivity contribution in [2.75, 3.05) is 13.7 Å². The number of nitrogens with one attached hydrogen (secondary N) is 2. The summed E-state index contributed by atoms with van der Waals surface area (Å²) < 4.78 is 19.5. The molecule has 0 radical (unpaired) electrons. The molecule has 24 heavy (non-hydrogen) atoms. The summed E-state index contributed by atoms with van der Waals surface area (Å²) in [5, 5.41) is 6.27. The number of carbonyl (C=O) groups is 1. The van der Waals surface area contributed by atoms with Gasteiger partial charge in [0, 0.05) is 17.7 Å². The van der Waals surface area contributed by atoms with Crippen LogP contribution >= 0.6 is 7.37 Å². The van der Waals surface area contributed by atoms with Crippen LogP contribution in [-0.4, -0.2) is 25.2 Å². The Morgan fingerprint density at radius 2 is 1.92 bits per heavy atom. The summed E-state index contributed by atoms with van der Waals surface area (Å²) in [6.07, 6.45) is 4.68. The smallest absolute Gasteiger partial charge is 0.315 e. The van der Waals surface area contributed by atoms with Crippen LogP contribution < -0.4 is 15.9 Å². The van der Waals surface area contributed by atoms with E-state index in [4.69, 9.17) is 4.52 Å². The van der Waals surface area contributed by atoms with Gasteiger partial charge in [-0.05, 0) is 32.1 Å². The van der Waals surface area contributed by atoms with Gasteiger partial charge in [0.1, 0.15) is 0 Å². The molecule has 0 aromatic heterocycles. The predicted molar refractivity (Wildman–Crippen MR) is 99.8 cm³/mol. The Kier molecular flexibility index (Phi) is 7.20. The first kappa shape index (κ1) is 19.9. The molecule has 0 saturated heterocycles. The fourth-order valence-electron chi connectivity index (χ4n) is 1.99. The largest absolute Gasteiger partial charge is 0.341 e. The Bertz CT molecular complexity index is 666. The van der Waals surface area contributed by atoms with Crippen molar-refractivity contribution < 1.29 is 13.9 Å². The van der Waals surface area contributed by atoms with E-state index < -0.39 is 12.9 Å². The van der Waals surface area contributed by atoms with Gasteiger partial charge in [0.2, 0.25) is 0 Å². The van der Waals surface area contributed by atoms with E-state index in [1.54, 1.807) is 50.3 Å². The van der Waals surface area contributed by atoms with E-state index in [-0.39, 0.29) is 12.6 Å². The molecule has 0 aliphatic rings. The van der Waals surface area contributed by atoms with E-state index in [2.05, 4.69) is 23.8 Å². The third-order valence-electron chi connectivity index (χ3n) is 3.22. The zero-order valence-electron chi connectivity index (χ0n) is 14.4. The number of amides is 2. The van der Waals surface area contributed by atoms with E-state index >= 15 is 0 Å². The lowest BCUT2D eigenvalue weighted by molar-refractivity contribution is 0.200. The Morgan fingerprint density at radius 3 is 2.42 bits per heavy atom. The van der Waals surface area contributed by atoms with Crippen molar-refractivity contribution in [3.8, 4) is 0 Å². The van der Waals surface area contributed by atoms with Gasteiger partial charge in [-0.1, -0.05) is 43.5 Å². The van der Waals surface area contributed by atoms with E-state index in [1.165, 1.54) is 13.1 Å². The lowest BCUT2D eigenvalue weighted by Gasteiger charge is -2.29.